The highest BCUT2D eigenvalue weighted by Gasteiger charge is 2.32. The van der Waals surface area contributed by atoms with Gasteiger partial charge in [-0.2, -0.15) is 0 Å². The van der Waals surface area contributed by atoms with Crippen LogP contribution in [0.15, 0.2) is 41.4 Å². The van der Waals surface area contributed by atoms with E-state index in [0.29, 0.717) is 0 Å². The van der Waals surface area contributed by atoms with E-state index < -0.39 is 28.0 Å². The zero-order valence-corrected chi connectivity index (χ0v) is 15.6. The quantitative estimate of drug-likeness (QED) is 0.798. The van der Waals surface area contributed by atoms with Gasteiger partial charge in [-0.05, 0) is 19.2 Å². The summed E-state index contributed by atoms with van der Waals surface area (Å²) in [5, 5.41) is 0. The van der Waals surface area contributed by atoms with E-state index in [1.165, 1.54) is 61.1 Å². The lowest BCUT2D eigenvalue weighted by Crippen LogP contribution is -2.28. The molecule has 7 nitrogen and oxygen atoms in total. The standard InChI is InChI=1S/C16H18F3N3O4S/c1-20-27(24,25)12-8-13(21(2)10-12)15(23)22(3)9-11-6-4-5-7-14(11)26-16(17,18)19/h4-8,10,20H,9H2,1-3H3. The highest BCUT2D eigenvalue weighted by molar-refractivity contribution is 7.89. The van der Waals surface area contributed by atoms with Crippen molar-refractivity contribution in [3.8, 4) is 5.75 Å². The molecule has 0 aliphatic rings. The zero-order chi connectivity index (χ0) is 20.4. The molecule has 0 saturated carbocycles. The van der Waals surface area contributed by atoms with Gasteiger partial charge in [0.25, 0.3) is 5.91 Å². The topological polar surface area (TPSA) is 80.6 Å². The summed E-state index contributed by atoms with van der Waals surface area (Å²) in [7, 11) is 0.403. The lowest BCUT2D eigenvalue weighted by molar-refractivity contribution is -0.275. The average Bonchev–Trinajstić information content (AvgIpc) is 2.97. The Bertz CT molecular complexity index is 939. The number of carbonyl (C=O) groups excluding carboxylic acids is 1. The number of halogens is 3. The van der Waals surface area contributed by atoms with Crippen LogP contribution >= 0.6 is 0 Å². The van der Waals surface area contributed by atoms with E-state index in [2.05, 4.69) is 9.46 Å². The van der Waals surface area contributed by atoms with Crippen LogP contribution in [0.3, 0.4) is 0 Å². The Kier molecular flexibility index (Phi) is 5.85. The summed E-state index contributed by atoms with van der Waals surface area (Å²) in [5.41, 5.74) is 0.225. The maximum Gasteiger partial charge on any atom is 0.573 e. The summed E-state index contributed by atoms with van der Waals surface area (Å²) in [6, 6.07) is 6.67. The monoisotopic (exact) mass is 405 g/mol. The fourth-order valence-electron chi connectivity index (χ4n) is 2.39. The third-order valence-electron chi connectivity index (χ3n) is 3.73. The summed E-state index contributed by atoms with van der Waals surface area (Å²) in [6.45, 7) is -0.162. The third-order valence-corrected chi connectivity index (χ3v) is 5.11. The molecule has 2 aromatic rings. The molecule has 1 heterocycles. The maximum atomic E-state index is 12.6. The molecule has 1 amide bonds. The molecule has 0 radical (unpaired) electrons. The largest absolute Gasteiger partial charge is 0.573 e. The Morgan fingerprint density at radius 2 is 1.93 bits per heavy atom. The second-order valence-electron chi connectivity index (χ2n) is 5.70. The summed E-state index contributed by atoms with van der Waals surface area (Å²) in [5.74, 6) is -0.966. The highest BCUT2D eigenvalue weighted by Crippen LogP contribution is 2.27. The van der Waals surface area contributed by atoms with Gasteiger partial charge in [0, 0.05) is 32.4 Å². The first-order valence-electron chi connectivity index (χ1n) is 7.63. The average molecular weight is 405 g/mol. The summed E-state index contributed by atoms with van der Waals surface area (Å²) >= 11 is 0. The Morgan fingerprint density at radius 3 is 2.52 bits per heavy atom. The fraction of sp³-hybridized carbons (Fsp3) is 0.312. The predicted molar refractivity (Wildman–Crippen MR) is 90.6 cm³/mol. The number of para-hydroxylation sites is 1. The van der Waals surface area contributed by atoms with E-state index in [1.54, 1.807) is 0 Å². The first kappa shape index (κ1) is 20.8. The van der Waals surface area contributed by atoms with Crippen LogP contribution in [0.5, 0.6) is 5.75 Å². The van der Waals surface area contributed by atoms with Crippen molar-refractivity contribution in [3.63, 3.8) is 0 Å². The molecule has 1 aromatic heterocycles. The van der Waals surface area contributed by atoms with E-state index in [9.17, 15) is 26.4 Å². The second-order valence-corrected chi connectivity index (χ2v) is 7.58. The lowest BCUT2D eigenvalue weighted by Gasteiger charge is -2.20. The Hall–Kier alpha value is -2.53. The van der Waals surface area contributed by atoms with Gasteiger partial charge < -0.3 is 14.2 Å². The molecule has 0 bridgehead atoms. The Labute approximate surface area is 154 Å². The number of alkyl halides is 3. The molecule has 0 fully saturated rings. The SMILES string of the molecule is CNS(=O)(=O)c1cc(C(=O)N(C)Cc2ccccc2OC(F)(F)F)n(C)c1. The number of nitrogens with zero attached hydrogens (tertiary/aromatic N) is 2. The molecule has 0 unspecified atom stereocenters. The second kappa shape index (κ2) is 7.61. The van der Waals surface area contributed by atoms with Gasteiger partial charge in [0.1, 0.15) is 16.3 Å². The van der Waals surface area contributed by atoms with Crippen molar-refractivity contribution in [3.05, 3.63) is 47.8 Å². The van der Waals surface area contributed by atoms with Crippen molar-refractivity contribution >= 4 is 15.9 Å². The molecular formula is C16H18F3N3O4S. The molecular weight excluding hydrogens is 387 g/mol. The van der Waals surface area contributed by atoms with Crippen LogP contribution in [0.4, 0.5) is 13.2 Å². The number of carbonyl (C=O) groups is 1. The first-order valence-corrected chi connectivity index (χ1v) is 9.12. The van der Waals surface area contributed by atoms with Gasteiger partial charge >= 0.3 is 6.36 Å². The van der Waals surface area contributed by atoms with Gasteiger partial charge in [-0.15, -0.1) is 13.2 Å². The molecule has 0 aliphatic heterocycles. The number of amides is 1. The zero-order valence-electron chi connectivity index (χ0n) is 14.7. The number of ether oxygens (including phenoxy) is 1. The van der Waals surface area contributed by atoms with Crippen molar-refractivity contribution in [2.24, 2.45) is 7.05 Å². The third kappa shape index (κ3) is 5.01. The molecule has 0 spiro atoms. The van der Waals surface area contributed by atoms with E-state index in [4.69, 9.17) is 0 Å². The smallest absolute Gasteiger partial charge is 0.405 e. The summed E-state index contributed by atoms with van der Waals surface area (Å²) in [6.07, 6.45) is -3.58. The van der Waals surface area contributed by atoms with Crippen LogP contribution < -0.4 is 9.46 Å². The van der Waals surface area contributed by atoms with Gasteiger partial charge in [0.2, 0.25) is 10.0 Å². The number of nitrogens with one attached hydrogen (secondary N) is 1. The van der Waals surface area contributed by atoms with Crippen molar-refractivity contribution in [1.82, 2.24) is 14.2 Å². The van der Waals surface area contributed by atoms with E-state index in [0.717, 1.165) is 6.07 Å². The van der Waals surface area contributed by atoms with Crippen LogP contribution in [-0.4, -0.2) is 44.2 Å². The number of aromatic nitrogens is 1. The molecule has 2 rings (SSSR count). The van der Waals surface area contributed by atoms with Crippen molar-refractivity contribution in [1.29, 1.82) is 0 Å². The molecule has 0 saturated heterocycles. The summed E-state index contributed by atoms with van der Waals surface area (Å²) < 4.78 is 68.7. The molecule has 11 heteroatoms. The number of benzene rings is 1. The number of rotatable bonds is 6. The van der Waals surface area contributed by atoms with E-state index >= 15 is 0 Å². The van der Waals surface area contributed by atoms with Gasteiger partial charge in [-0.3, -0.25) is 4.79 Å². The van der Waals surface area contributed by atoms with Gasteiger partial charge in [-0.25, -0.2) is 13.1 Å². The predicted octanol–water partition coefficient (Wildman–Crippen LogP) is 2.10. The Balaban J connectivity index is 2.25. The van der Waals surface area contributed by atoms with E-state index in [1.807, 2.05) is 0 Å². The van der Waals surface area contributed by atoms with Crippen LogP contribution in [0, 0.1) is 0 Å². The lowest BCUT2D eigenvalue weighted by atomic mass is 10.2. The molecule has 0 aliphatic carbocycles. The van der Waals surface area contributed by atoms with Crippen LogP contribution in [-0.2, 0) is 23.6 Å². The Morgan fingerprint density at radius 1 is 1.30 bits per heavy atom. The number of aryl methyl sites for hydroxylation is 1. The normalized spacial score (nSPS) is 12.1. The molecule has 1 N–H and O–H groups in total. The van der Waals surface area contributed by atoms with Gasteiger partial charge in [-0.1, -0.05) is 18.2 Å². The van der Waals surface area contributed by atoms with Crippen LogP contribution in [0.1, 0.15) is 16.1 Å². The molecule has 148 valence electrons. The highest BCUT2D eigenvalue weighted by atomic mass is 32.2. The minimum Gasteiger partial charge on any atom is -0.405 e. The minimum absolute atomic E-state index is 0.0699. The van der Waals surface area contributed by atoms with Crippen molar-refractivity contribution < 1.29 is 31.1 Å². The van der Waals surface area contributed by atoms with Gasteiger partial charge in [0.15, 0.2) is 0 Å². The van der Waals surface area contributed by atoms with Crippen LogP contribution in [0.2, 0.25) is 0 Å². The number of hydrogen-bond donors (Lipinski definition) is 1. The number of hydrogen-bond acceptors (Lipinski definition) is 4. The van der Waals surface area contributed by atoms with Gasteiger partial charge in [0.05, 0.1) is 0 Å². The maximum absolute atomic E-state index is 12.6. The first-order chi connectivity index (χ1) is 12.4. The van der Waals surface area contributed by atoms with E-state index in [-0.39, 0.29) is 22.7 Å². The molecule has 27 heavy (non-hydrogen) atoms. The minimum atomic E-state index is -4.85. The van der Waals surface area contributed by atoms with Crippen molar-refractivity contribution in [2.45, 2.75) is 17.8 Å². The fourth-order valence-corrected chi connectivity index (χ4v) is 3.19. The number of sulfonamides is 1. The molecule has 0 atom stereocenters. The molecule has 1 aromatic carbocycles. The van der Waals surface area contributed by atoms with Crippen molar-refractivity contribution in [2.75, 3.05) is 14.1 Å². The summed E-state index contributed by atoms with van der Waals surface area (Å²) in [4.78, 5) is 13.7. The van der Waals surface area contributed by atoms with Crippen LogP contribution in [0.25, 0.3) is 0 Å².